The van der Waals surface area contributed by atoms with Crippen LogP contribution in [-0.2, 0) is 0 Å². The molecule has 1 aromatic heterocycles. The van der Waals surface area contributed by atoms with Crippen LogP contribution in [0, 0.1) is 0 Å². The maximum absolute atomic E-state index is 11.9. The summed E-state index contributed by atoms with van der Waals surface area (Å²) < 4.78 is 0. The number of carbonyl (C=O) groups is 1. The first-order valence-electron chi connectivity index (χ1n) is 5.03. The Morgan fingerprint density at radius 1 is 1.32 bits per heavy atom. The summed E-state index contributed by atoms with van der Waals surface area (Å²) in [6.45, 7) is 0. The van der Waals surface area contributed by atoms with Crippen molar-refractivity contribution in [3.63, 3.8) is 0 Å². The predicted molar refractivity (Wildman–Crippen MR) is 82.3 cm³/mol. The van der Waals surface area contributed by atoms with Crippen LogP contribution in [0.4, 0.5) is 5.13 Å². The number of halogens is 2. The minimum Gasteiger partial charge on any atom is -0.308 e. The van der Waals surface area contributed by atoms with Gasteiger partial charge in [0.25, 0.3) is 5.91 Å². The van der Waals surface area contributed by atoms with E-state index in [9.17, 15) is 4.79 Å². The smallest absolute Gasteiger partial charge is 0.257 e. The van der Waals surface area contributed by atoms with E-state index in [-0.39, 0.29) is 11.0 Å². The third-order valence-corrected chi connectivity index (χ3v) is 3.69. The van der Waals surface area contributed by atoms with E-state index in [0.29, 0.717) is 20.7 Å². The quantitative estimate of drug-likeness (QED) is 0.826. The Hall–Kier alpha value is -1.21. The van der Waals surface area contributed by atoms with Crippen LogP contribution in [0.2, 0.25) is 10.0 Å². The molecule has 0 spiro atoms. The highest BCUT2D eigenvalue weighted by Crippen LogP contribution is 2.22. The first-order valence-corrected chi connectivity index (χ1v) is 7.07. The molecule has 0 bridgehead atoms. The Bertz CT molecular complexity index is 616. The molecule has 8 heteroatoms. The van der Waals surface area contributed by atoms with Gasteiger partial charge in [-0.3, -0.25) is 10.1 Å². The molecule has 0 atom stereocenters. The molecule has 98 valence electrons. The molecule has 19 heavy (non-hydrogen) atoms. The molecule has 0 unspecified atom stereocenters. The average molecular weight is 332 g/mol. The number of amides is 1. The summed E-state index contributed by atoms with van der Waals surface area (Å²) in [6.07, 6.45) is 1.64. The second kappa shape index (κ2) is 6.29. The number of nitrogens with one attached hydrogen (secondary N) is 2. The molecule has 4 nitrogen and oxygen atoms in total. The normalized spacial score (nSPS) is 10.0. The minimum absolute atomic E-state index is 0.172. The summed E-state index contributed by atoms with van der Waals surface area (Å²) in [5.74, 6) is -0.368. The van der Waals surface area contributed by atoms with Gasteiger partial charge in [-0.25, -0.2) is 4.98 Å². The molecule has 0 saturated heterocycles. The number of aromatic nitrogens is 1. The fraction of sp³-hybridized carbons (Fsp3) is 0. The van der Waals surface area contributed by atoms with Crippen molar-refractivity contribution in [1.82, 2.24) is 10.3 Å². The van der Waals surface area contributed by atoms with Crippen molar-refractivity contribution in [3.05, 3.63) is 45.4 Å². The van der Waals surface area contributed by atoms with Crippen LogP contribution < -0.4 is 10.6 Å². The van der Waals surface area contributed by atoms with E-state index in [1.54, 1.807) is 23.7 Å². The van der Waals surface area contributed by atoms with Crippen molar-refractivity contribution in [3.8, 4) is 0 Å². The largest absolute Gasteiger partial charge is 0.308 e. The van der Waals surface area contributed by atoms with Crippen LogP contribution in [0.15, 0.2) is 29.8 Å². The Kier molecular flexibility index (Phi) is 4.71. The van der Waals surface area contributed by atoms with Crippen molar-refractivity contribution in [2.24, 2.45) is 0 Å². The first-order chi connectivity index (χ1) is 9.06. The highest BCUT2D eigenvalue weighted by Gasteiger charge is 2.10. The van der Waals surface area contributed by atoms with E-state index in [0.717, 1.165) is 0 Å². The number of rotatable bonds is 2. The number of carbonyl (C=O) groups excluding carboxylic acids is 1. The summed E-state index contributed by atoms with van der Waals surface area (Å²) in [5, 5.41) is 8.61. The van der Waals surface area contributed by atoms with Crippen molar-refractivity contribution >= 4 is 62.9 Å². The van der Waals surface area contributed by atoms with Crippen LogP contribution >= 0.6 is 46.8 Å². The summed E-state index contributed by atoms with van der Waals surface area (Å²) in [4.78, 5) is 15.9. The Labute approximate surface area is 128 Å². The first kappa shape index (κ1) is 14.2. The SMILES string of the molecule is O=C(NC(=S)Nc1nccs1)c1ccc(Cl)c(Cl)c1. The standard InChI is InChI=1S/C11H7Cl2N3OS2/c12-7-2-1-6(5-8(7)13)9(17)15-10(18)16-11-14-3-4-19-11/h1-5H,(H2,14,15,16,17,18). The lowest BCUT2D eigenvalue weighted by Gasteiger charge is -2.07. The highest BCUT2D eigenvalue weighted by atomic mass is 35.5. The highest BCUT2D eigenvalue weighted by molar-refractivity contribution is 7.80. The fourth-order valence-corrected chi connectivity index (χ4v) is 2.31. The van der Waals surface area contributed by atoms with Gasteiger partial charge < -0.3 is 5.32 Å². The monoisotopic (exact) mass is 331 g/mol. The van der Waals surface area contributed by atoms with Crippen LogP contribution in [-0.4, -0.2) is 16.0 Å². The summed E-state index contributed by atoms with van der Waals surface area (Å²) in [5.41, 5.74) is 0.373. The molecule has 1 aromatic carbocycles. The van der Waals surface area contributed by atoms with E-state index >= 15 is 0 Å². The Balaban J connectivity index is 2.00. The van der Waals surface area contributed by atoms with Gasteiger partial charge in [-0.15, -0.1) is 11.3 Å². The number of hydrogen-bond donors (Lipinski definition) is 2. The molecule has 2 N–H and O–H groups in total. The summed E-state index contributed by atoms with van der Waals surface area (Å²) in [7, 11) is 0. The molecule has 1 heterocycles. The molecule has 0 aliphatic heterocycles. The van der Waals surface area contributed by atoms with E-state index in [4.69, 9.17) is 35.4 Å². The van der Waals surface area contributed by atoms with E-state index < -0.39 is 0 Å². The third kappa shape index (κ3) is 3.87. The number of hydrogen-bond acceptors (Lipinski definition) is 4. The molecule has 0 radical (unpaired) electrons. The topological polar surface area (TPSA) is 54.0 Å². The zero-order chi connectivity index (χ0) is 13.8. The summed E-state index contributed by atoms with van der Waals surface area (Å²) in [6, 6.07) is 4.59. The Morgan fingerprint density at radius 2 is 2.11 bits per heavy atom. The zero-order valence-corrected chi connectivity index (χ0v) is 12.5. The third-order valence-electron chi connectivity index (χ3n) is 2.06. The second-order valence-electron chi connectivity index (χ2n) is 3.37. The molecule has 0 aliphatic rings. The van der Waals surface area contributed by atoms with Crippen LogP contribution in [0.3, 0.4) is 0 Å². The maximum atomic E-state index is 11.9. The van der Waals surface area contributed by atoms with Gasteiger partial charge in [0.15, 0.2) is 10.2 Å². The van der Waals surface area contributed by atoms with Crippen molar-refractivity contribution in [1.29, 1.82) is 0 Å². The van der Waals surface area contributed by atoms with Gasteiger partial charge in [-0.2, -0.15) is 0 Å². The number of thiocarbonyl (C=S) groups is 1. The number of benzene rings is 1. The van der Waals surface area contributed by atoms with Gasteiger partial charge in [0.1, 0.15) is 0 Å². The maximum Gasteiger partial charge on any atom is 0.257 e. The van der Waals surface area contributed by atoms with E-state index in [1.165, 1.54) is 17.4 Å². The second-order valence-corrected chi connectivity index (χ2v) is 5.49. The molecular weight excluding hydrogens is 325 g/mol. The lowest BCUT2D eigenvalue weighted by Crippen LogP contribution is -2.34. The lowest BCUT2D eigenvalue weighted by molar-refractivity contribution is 0.0978. The molecule has 0 saturated carbocycles. The van der Waals surface area contributed by atoms with Gasteiger partial charge in [-0.1, -0.05) is 23.2 Å². The minimum atomic E-state index is -0.368. The molecule has 2 aromatic rings. The molecule has 0 aliphatic carbocycles. The molecular formula is C11H7Cl2N3OS2. The zero-order valence-electron chi connectivity index (χ0n) is 9.31. The average Bonchev–Trinajstić information content (AvgIpc) is 2.85. The van der Waals surface area contributed by atoms with Gasteiger partial charge >= 0.3 is 0 Å². The van der Waals surface area contributed by atoms with Crippen molar-refractivity contribution in [2.75, 3.05) is 5.32 Å². The Morgan fingerprint density at radius 3 is 2.74 bits per heavy atom. The van der Waals surface area contributed by atoms with Gasteiger partial charge in [0.05, 0.1) is 10.0 Å². The molecule has 2 rings (SSSR count). The van der Waals surface area contributed by atoms with Crippen molar-refractivity contribution < 1.29 is 4.79 Å². The lowest BCUT2D eigenvalue weighted by atomic mass is 10.2. The number of nitrogens with zero attached hydrogens (tertiary/aromatic N) is 1. The van der Waals surface area contributed by atoms with Crippen LogP contribution in [0.5, 0.6) is 0 Å². The van der Waals surface area contributed by atoms with Gasteiger partial charge in [-0.05, 0) is 30.4 Å². The fourth-order valence-electron chi connectivity index (χ4n) is 1.23. The number of anilines is 1. The number of thiazole rings is 1. The van der Waals surface area contributed by atoms with Crippen LogP contribution in [0.1, 0.15) is 10.4 Å². The molecule has 1 amide bonds. The predicted octanol–water partition coefficient (Wildman–Crippen LogP) is 3.58. The van der Waals surface area contributed by atoms with Gasteiger partial charge in [0, 0.05) is 17.1 Å². The van der Waals surface area contributed by atoms with Gasteiger partial charge in [0.2, 0.25) is 0 Å². The molecule has 0 fully saturated rings. The summed E-state index contributed by atoms with van der Waals surface area (Å²) >= 11 is 18.0. The van der Waals surface area contributed by atoms with E-state index in [1.807, 2.05) is 0 Å². The van der Waals surface area contributed by atoms with Crippen molar-refractivity contribution in [2.45, 2.75) is 0 Å². The van der Waals surface area contributed by atoms with E-state index in [2.05, 4.69) is 15.6 Å². The van der Waals surface area contributed by atoms with Crippen LogP contribution in [0.25, 0.3) is 0 Å².